The SMILES string of the molecule is O=c1cc(CS(=O)c2ccc(Cl)cc2)[nH][nH]1. The number of H-pyrrole nitrogens is 2. The number of aromatic nitrogens is 2. The first-order valence-corrected chi connectivity index (χ1v) is 6.25. The fourth-order valence-electron chi connectivity index (χ4n) is 1.26. The molecule has 1 aromatic carbocycles. The lowest BCUT2D eigenvalue weighted by atomic mass is 10.4. The van der Waals surface area contributed by atoms with Gasteiger partial charge in [0.25, 0.3) is 5.56 Å². The Morgan fingerprint density at radius 3 is 2.44 bits per heavy atom. The molecule has 0 radical (unpaired) electrons. The zero-order chi connectivity index (χ0) is 11.5. The van der Waals surface area contributed by atoms with Gasteiger partial charge in [0.05, 0.1) is 16.6 Å². The van der Waals surface area contributed by atoms with Gasteiger partial charge in [-0.3, -0.25) is 14.1 Å². The van der Waals surface area contributed by atoms with E-state index in [0.717, 1.165) is 0 Å². The molecule has 84 valence electrons. The third-order valence-corrected chi connectivity index (χ3v) is 3.64. The normalized spacial score (nSPS) is 12.6. The molecule has 0 aliphatic carbocycles. The van der Waals surface area contributed by atoms with Gasteiger partial charge in [0.1, 0.15) is 0 Å². The molecule has 6 heteroatoms. The second kappa shape index (κ2) is 4.67. The highest BCUT2D eigenvalue weighted by Gasteiger charge is 2.06. The van der Waals surface area contributed by atoms with Crippen LogP contribution in [0, 0.1) is 0 Å². The summed E-state index contributed by atoms with van der Waals surface area (Å²) in [7, 11) is -1.18. The molecular formula is C10H9ClN2O2S. The van der Waals surface area contributed by atoms with Crippen molar-refractivity contribution in [3.05, 3.63) is 51.4 Å². The number of rotatable bonds is 3. The second-order valence-electron chi connectivity index (χ2n) is 3.23. The van der Waals surface area contributed by atoms with E-state index in [1.165, 1.54) is 6.07 Å². The van der Waals surface area contributed by atoms with Crippen molar-refractivity contribution in [2.45, 2.75) is 10.6 Å². The molecule has 2 rings (SSSR count). The Bertz CT molecular complexity index is 559. The Labute approximate surface area is 99.1 Å². The first-order chi connectivity index (χ1) is 7.65. The minimum atomic E-state index is -1.18. The molecule has 0 spiro atoms. The van der Waals surface area contributed by atoms with E-state index in [1.807, 2.05) is 0 Å². The van der Waals surface area contributed by atoms with E-state index >= 15 is 0 Å². The molecule has 1 aromatic heterocycles. The Morgan fingerprint density at radius 2 is 1.88 bits per heavy atom. The fraction of sp³-hybridized carbons (Fsp3) is 0.100. The Kier molecular flexibility index (Phi) is 3.26. The molecule has 2 N–H and O–H groups in total. The molecule has 0 aliphatic rings. The number of nitrogens with one attached hydrogen (secondary N) is 2. The number of aromatic amines is 2. The minimum Gasteiger partial charge on any atom is -0.301 e. The lowest BCUT2D eigenvalue weighted by Crippen LogP contribution is -1.97. The number of benzene rings is 1. The van der Waals surface area contributed by atoms with E-state index in [1.54, 1.807) is 24.3 Å². The number of hydrogen-bond acceptors (Lipinski definition) is 2. The summed E-state index contributed by atoms with van der Waals surface area (Å²) in [6, 6.07) is 8.20. The molecule has 0 amide bonds. The van der Waals surface area contributed by atoms with Crippen molar-refractivity contribution in [3.63, 3.8) is 0 Å². The van der Waals surface area contributed by atoms with Gasteiger partial charge >= 0.3 is 0 Å². The summed E-state index contributed by atoms with van der Waals surface area (Å²) in [6.07, 6.45) is 0. The molecule has 1 heterocycles. The van der Waals surface area contributed by atoms with E-state index in [4.69, 9.17) is 11.6 Å². The summed E-state index contributed by atoms with van der Waals surface area (Å²) >= 11 is 5.73. The van der Waals surface area contributed by atoms with Gasteiger partial charge in [0, 0.05) is 21.7 Å². The van der Waals surface area contributed by atoms with Crippen LogP contribution in [0.3, 0.4) is 0 Å². The smallest absolute Gasteiger partial charge is 0.264 e. The van der Waals surface area contributed by atoms with Crippen molar-refractivity contribution >= 4 is 22.4 Å². The summed E-state index contributed by atoms with van der Waals surface area (Å²) in [6.45, 7) is 0. The van der Waals surface area contributed by atoms with E-state index in [2.05, 4.69) is 10.2 Å². The molecule has 0 aliphatic heterocycles. The van der Waals surface area contributed by atoms with Gasteiger partial charge in [-0.1, -0.05) is 11.6 Å². The highest BCUT2D eigenvalue weighted by molar-refractivity contribution is 7.84. The zero-order valence-electron chi connectivity index (χ0n) is 8.20. The lowest BCUT2D eigenvalue weighted by molar-refractivity contribution is 0.682. The van der Waals surface area contributed by atoms with Crippen molar-refractivity contribution in [2.24, 2.45) is 0 Å². The summed E-state index contributed by atoms with van der Waals surface area (Å²) < 4.78 is 11.9. The third-order valence-electron chi connectivity index (χ3n) is 2.01. The van der Waals surface area contributed by atoms with Gasteiger partial charge in [0.15, 0.2) is 0 Å². The van der Waals surface area contributed by atoms with Gasteiger partial charge in [0.2, 0.25) is 0 Å². The van der Waals surface area contributed by atoms with Crippen molar-refractivity contribution in [1.29, 1.82) is 0 Å². The van der Waals surface area contributed by atoms with Gasteiger partial charge in [-0.15, -0.1) is 0 Å². The minimum absolute atomic E-state index is 0.219. The first kappa shape index (κ1) is 11.2. The molecule has 1 unspecified atom stereocenters. The highest BCUT2D eigenvalue weighted by atomic mass is 35.5. The number of halogens is 1. The van der Waals surface area contributed by atoms with Crippen molar-refractivity contribution in [3.8, 4) is 0 Å². The van der Waals surface area contributed by atoms with Crippen LogP contribution in [0.1, 0.15) is 5.69 Å². The standard InChI is InChI=1S/C10H9ClN2O2S/c11-7-1-3-9(4-2-7)16(15)6-8-5-10(14)13-12-8/h1-5H,6H2,(H2,12,13,14). The molecule has 0 saturated heterocycles. The topological polar surface area (TPSA) is 65.7 Å². The summed E-state index contributed by atoms with van der Waals surface area (Å²) in [5.41, 5.74) is 0.404. The van der Waals surface area contributed by atoms with Crippen LogP contribution in [-0.4, -0.2) is 14.4 Å². The zero-order valence-corrected chi connectivity index (χ0v) is 9.77. The Balaban J connectivity index is 2.14. The maximum Gasteiger partial charge on any atom is 0.264 e. The van der Waals surface area contributed by atoms with Crippen molar-refractivity contribution in [1.82, 2.24) is 10.2 Å². The Morgan fingerprint density at radius 1 is 1.19 bits per heavy atom. The largest absolute Gasteiger partial charge is 0.301 e. The van der Waals surface area contributed by atoms with Crippen molar-refractivity contribution in [2.75, 3.05) is 0 Å². The van der Waals surface area contributed by atoms with E-state index in [-0.39, 0.29) is 11.3 Å². The fourth-order valence-corrected chi connectivity index (χ4v) is 2.43. The van der Waals surface area contributed by atoms with Crippen LogP contribution in [-0.2, 0) is 16.6 Å². The molecular weight excluding hydrogens is 248 g/mol. The predicted octanol–water partition coefficient (Wildman–Crippen LogP) is 1.66. The van der Waals surface area contributed by atoms with Crippen molar-refractivity contribution < 1.29 is 4.21 Å². The van der Waals surface area contributed by atoms with Crippen LogP contribution in [0.15, 0.2) is 40.0 Å². The third kappa shape index (κ3) is 2.62. The maximum absolute atomic E-state index is 11.9. The predicted molar refractivity (Wildman–Crippen MR) is 63.0 cm³/mol. The van der Waals surface area contributed by atoms with Crippen LogP contribution in [0.25, 0.3) is 0 Å². The lowest BCUT2D eigenvalue weighted by Gasteiger charge is -2.00. The molecule has 0 saturated carbocycles. The highest BCUT2D eigenvalue weighted by Crippen LogP contribution is 2.14. The van der Waals surface area contributed by atoms with Crippen LogP contribution >= 0.6 is 11.6 Å². The monoisotopic (exact) mass is 256 g/mol. The molecule has 16 heavy (non-hydrogen) atoms. The summed E-state index contributed by atoms with van der Waals surface area (Å²) in [5, 5.41) is 5.67. The molecule has 0 bridgehead atoms. The van der Waals surface area contributed by atoms with Gasteiger partial charge < -0.3 is 5.10 Å². The Hall–Kier alpha value is -1.33. The average Bonchev–Trinajstić information content (AvgIpc) is 2.65. The molecule has 1 atom stereocenters. The van der Waals surface area contributed by atoms with Crippen LogP contribution in [0.4, 0.5) is 0 Å². The number of hydrogen-bond donors (Lipinski definition) is 2. The van der Waals surface area contributed by atoms with Gasteiger partial charge in [-0.2, -0.15) is 0 Å². The van der Waals surface area contributed by atoms with Crippen LogP contribution in [0.5, 0.6) is 0 Å². The first-order valence-electron chi connectivity index (χ1n) is 4.55. The second-order valence-corrected chi connectivity index (χ2v) is 5.12. The van der Waals surface area contributed by atoms with E-state index < -0.39 is 10.8 Å². The average molecular weight is 257 g/mol. The van der Waals surface area contributed by atoms with Crippen LogP contribution in [0.2, 0.25) is 5.02 Å². The molecule has 2 aromatic rings. The molecule has 0 fully saturated rings. The summed E-state index contributed by atoms with van der Waals surface area (Å²) in [4.78, 5) is 11.5. The van der Waals surface area contributed by atoms with E-state index in [9.17, 15) is 9.00 Å². The maximum atomic E-state index is 11.9. The molecule has 4 nitrogen and oxygen atoms in total. The van der Waals surface area contributed by atoms with Gasteiger partial charge in [-0.25, -0.2) is 0 Å². The van der Waals surface area contributed by atoms with E-state index in [0.29, 0.717) is 15.6 Å². The summed E-state index contributed by atoms with van der Waals surface area (Å²) in [5.74, 6) is 0.278. The quantitative estimate of drug-likeness (QED) is 0.877. The van der Waals surface area contributed by atoms with Gasteiger partial charge in [-0.05, 0) is 24.3 Å². The van der Waals surface area contributed by atoms with Crippen LogP contribution < -0.4 is 5.56 Å².